The average molecular weight is 262 g/mol. The minimum absolute atomic E-state index is 0.239. The van der Waals surface area contributed by atoms with Gasteiger partial charge in [0, 0.05) is 24.2 Å². The number of benzene rings is 1. The maximum Gasteiger partial charge on any atom is 0.163 e. The molecular formula is C16H22O3. The first-order valence-corrected chi connectivity index (χ1v) is 7.04. The molecule has 0 aromatic heterocycles. The van der Waals surface area contributed by atoms with Gasteiger partial charge in [-0.15, -0.1) is 0 Å². The second-order valence-corrected chi connectivity index (χ2v) is 5.38. The predicted octanol–water partition coefficient (Wildman–Crippen LogP) is 3.26. The Morgan fingerprint density at radius 3 is 2.84 bits per heavy atom. The van der Waals surface area contributed by atoms with Crippen LogP contribution in [-0.2, 0) is 11.2 Å². The van der Waals surface area contributed by atoms with Gasteiger partial charge in [0.05, 0.1) is 6.61 Å². The van der Waals surface area contributed by atoms with Gasteiger partial charge in [-0.3, -0.25) is 4.79 Å². The van der Waals surface area contributed by atoms with Gasteiger partial charge in [-0.25, -0.2) is 0 Å². The highest BCUT2D eigenvalue weighted by Gasteiger charge is 2.19. The van der Waals surface area contributed by atoms with Crippen LogP contribution in [0.4, 0.5) is 0 Å². The lowest BCUT2D eigenvalue weighted by Gasteiger charge is -2.18. The number of carbonyl (C=O) groups is 1. The summed E-state index contributed by atoms with van der Waals surface area (Å²) < 4.78 is 11.2. The molecule has 0 spiro atoms. The van der Waals surface area contributed by atoms with Gasteiger partial charge in [0.1, 0.15) is 12.4 Å². The van der Waals surface area contributed by atoms with Crippen molar-refractivity contribution in [3.05, 3.63) is 29.3 Å². The van der Waals surface area contributed by atoms with Crippen LogP contribution in [0.1, 0.15) is 42.6 Å². The number of carbonyl (C=O) groups excluding carboxylic acids is 1. The second-order valence-electron chi connectivity index (χ2n) is 5.38. The summed E-state index contributed by atoms with van der Waals surface area (Å²) in [4.78, 5) is 11.8. The van der Waals surface area contributed by atoms with E-state index in [2.05, 4.69) is 13.8 Å². The van der Waals surface area contributed by atoms with Gasteiger partial charge < -0.3 is 9.47 Å². The molecule has 0 N–H and O–H groups in total. The van der Waals surface area contributed by atoms with Crippen molar-refractivity contribution in [3.8, 4) is 5.75 Å². The summed E-state index contributed by atoms with van der Waals surface area (Å²) in [6, 6.07) is 5.74. The number of hydrogen-bond donors (Lipinski definition) is 0. The first-order valence-electron chi connectivity index (χ1n) is 7.04. The van der Waals surface area contributed by atoms with Crippen molar-refractivity contribution in [1.82, 2.24) is 0 Å². The Kier molecular flexibility index (Phi) is 4.97. The van der Waals surface area contributed by atoms with Gasteiger partial charge in [-0.1, -0.05) is 26.0 Å². The fraction of sp³-hybridized carbons (Fsp3) is 0.562. The molecule has 0 saturated heterocycles. The van der Waals surface area contributed by atoms with Gasteiger partial charge in [-0.05, 0) is 24.8 Å². The van der Waals surface area contributed by atoms with E-state index in [0.717, 1.165) is 36.3 Å². The molecule has 0 amide bonds. The first kappa shape index (κ1) is 14.1. The van der Waals surface area contributed by atoms with Crippen LogP contribution in [0.25, 0.3) is 0 Å². The number of fused-ring (bicyclic) bond motifs is 1. The molecule has 0 aliphatic heterocycles. The van der Waals surface area contributed by atoms with Crippen molar-refractivity contribution >= 4 is 5.78 Å². The van der Waals surface area contributed by atoms with Crippen LogP contribution in [0.15, 0.2) is 18.2 Å². The van der Waals surface area contributed by atoms with Crippen molar-refractivity contribution in [2.24, 2.45) is 5.92 Å². The van der Waals surface area contributed by atoms with Crippen LogP contribution in [0, 0.1) is 5.92 Å². The molecule has 0 atom stereocenters. The molecule has 2 rings (SSSR count). The van der Waals surface area contributed by atoms with Crippen molar-refractivity contribution in [3.63, 3.8) is 0 Å². The predicted molar refractivity (Wildman–Crippen MR) is 74.9 cm³/mol. The molecule has 0 radical (unpaired) electrons. The fourth-order valence-electron chi connectivity index (χ4n) is 2.31. The summed E-state index contributed by atoms with van der Waals surface area (Å²) in [7, 11) is 0. The lowest BCUT2D eigenvalue weighted by molar-refractivity contribution is 0.0814. The quantitative estimate of drug-likeness (QED) is 0.738. The van der Waals surface area contributed by atoms with Gasteiger partial charge >= 0.3 is 0 Å². The molecule has 1 aromatic carbocycles. The molecular weight excluding hydrogens is 240 g/mol. The van der Waals surface area contributed by atoms with Gasteiger partial charge in [0.15, 0.2) is 5.78 Å². The summed E-state index contributed by atoms with van der Waals surface area (Å²) in [5, 5.41) is 0. The molecule has 3 nitrogen and oxygen atoms in total. The highest BCUT2D eigenvalue weighted by molar-refractivity contribution is 5.99. The number of ether oxygens (including phenoxy) is 2. The van der Waals surface area contributed by atoms with Gasteiger partial charge in [0.25, 0.3) is 0 Å². The van der Waals surface area contributed by atoms with E-state index in [4.69, 9.17) is 9.47 Å². The highest BCUT2D eigenvalue weighted by atomic mass is 16.5. The monoisotopic (exact) mass is 262 g/mol. The van der Waals surface area contributed by atoms with E-state index in [0.29, 0.717) is 25.6 Å². The normalized spacial score (nSPS) is 14.6. The van der Waals surface area contributed by atoms with E-state index in [-0.39, 0.29) is 5.78 Å². The Hall–Kier alpha value is -1.35. The Bertz CT molecular complexity index is 438. The van der Waals surface area contributed by atoms with E-state index in [1.165, 1.54) is 0 Å². The molecule has 19 heavy (non-hydrogen) atoms. The number of rotatable bonds is 6. The van der Waals surface area contributed by atoms with Crippen LogP contribution in [0.5, 0.6) is 5.75 Å². The van der Waals surface area contributed by atoms with Crippen LogP contribution >= 0.6 is 0 Å². The highest BCUT2D eigenvalue weighted by Crippen LogP contribution is 2.29. The molecule has 1 aliphatic carbocycles. The van der Waals surface area contributed by atoms with Crippen LogP contribution < -0.4 is 4.74 Å². The molecule has 0 heterocycles. The molecule has 0 bridgehead atoms. The third-order valence-electron chi connectivity index (χ3n) is 3.20. The fourth-order valence-corrected chi connectivity index (χ4v) is 2.31. The maximum atomic E-state index is 11.8. The second kappa shape index (κ2) is 6.71. The third-order valence-corrected chi connectivity index (χ3v) is 3.20. The van der Waals surface area contributed by atoms with Gasteiger partial charge in [0.2, 0.25) is 0 Å². The summed E-state index contributed by atoms with van der Waals surface area (Å²) in [6.07, 6.45) is 2.52. The zero-order valence-electron chi connectivity index (χ0n) is 11.8. The number of hydrogen-bond acceptors (Lipinski definition) is 3. The van der Waals surface area contributed by atoms with Crippen molar-refractivity contribution in [1.29, 1.82) is 0 Å². The first-order chi connectivity index (χ1) is 9.18. The van der Waals surface area contributed by atoms with E-state index in [9.17, 15) is 4.79 Å². The SMILES string of the molecule is CC(C)COCCOc1cccc2c1CCCC2=O. The van der Waals surface area contributed by atoms with E-state index in [1.54, 1.807) is 0 Å². The third kappa shape index (κ3) is 3.80. The summed E-state index contributed by atoms with van der Waals surface area (Å²) in [5.41, 5.74) is 1.91. The smallest absolute Gasteiger partial charge is 0.163 e. The Balaban J connectivity index is 1.90. The zero-order chi connectivity index (χ0) is 13.7. The molecule has 0 unspecified atom stereocenters. The van der Waals surface area contributed by atoms with Crippen molar-refractivity contribution in [2.45, 2.75) is 33.1 Å². The minimum Gasteiger partial charge on any atom is -0.491 e. The summed E-state index contributed by atoms with van der Waals surface area (Å²) in [5.74, 6) is 1.63. The number of ketones is 1. The van der Waals surface area contributed by atoms with E-state index < -0.39 is 0 Å². The molecule has 0 saturated carbocycles. The summed E-state index contributed by atoms with van der Waals surface area (Å²) >= 11 is 0. The topological polar surface area (TPSA) is 35.5 Å². The average Bonchev–Trinajstić information content (AvgIpc) is 2.39. The molecule has 1 aromatic rings. The van der Waals surface area contributed by atoms with Crippen LogP contribution in [-0.4, -0.2) is 25.6 Å². The molecule has 0 fully saturated rings. The van der Waals surface area contributed by atoms with E-state index in [1.807, 2.05) is 18.2 Å². The minimum atomic E-state index is 0.239. The van der Waals surface area contributed by atoms with Crippen LogP contribution in [0.2, 0.25) is 0 Å². The lowest BCUT2D eigenvalue weighted by Crippen LogP contribution is -2.14. The van der Waals surface area contributed by atoms with Gasteiger partial charge in [-0.2, -0.15) is 0 Å². The molecule has 104 valence electrons. The maximum absolute atomic E-state index is 11.8. The van der Waals surface area contributed by atoms with Crippen molar-refractivity contribution < 1.29 is 14.3 Å². The largest absolute Gasteiger partial charge is 0.491 e. The summed E-state index contributed by atoms with van der Waals surface area (Å²) in [6.45, 7) is 6.14. The Labute approximate surface area is 114 Å². The molecule has 1 aliphatic rings. The number of Topliss-reactive ketones (excluding diaryl/α,β-unsaturated/α-hetero) is 1. The molecule has 3 heteroatoms. The Morgan fingerprint density at radius 2 is 2.05 bits per heavy atom. The lowest BCUT2D eigenvalue weighted by atomic mass is 9.90. The van der Waals surface area contributed by atoms with Crippen molar-refractivity contribution in [2.75, 3.05) is 19.8 Å². The Morgan fingerprint density at radius 1 is 1.21 bits per heavy atom. The van der Waals surface area contributed by atoms with E-state index >= 15 is 0 Å². The standard InChI is InChI=1S/C16H22O3/c1-12(2)11-18-9-10-19-16-8-4-5-13-14(16)6-3-7-15(13)17/h4-5,8,12H,3,6-7,9-11H2,1-2H3. The van der Waals surface area contributed by atoms with Crippen LogP contribution in [0.3, 0.4) is 0 Å². The zero-order valence-corrected chi connectivity index (χ0v) is 11.8.